The molecular weight excluding hydrogens is 294 g/mol. The van der Waals surface area contributed by atoms with Crippen LogP contribution < -0.4 is 5.32 Å². The fourth-order valence-corrected chi connectivity index (χ4v) is 1.54. The Hall–Kier alpha value is -2.29. The lowest BCUT2D eigenvalue weighted by molar-refractivity contribution is -0.162. The number of ether oxygens (including phenoxy) is 1. The molecule has 0 saturated carbocycles. The number of carbonyl (C=O) groups excluding carboxylic acids is 3. The molecule has 22 heavy (non-hydrogen) atoms. The van der Waals surface area contributed by atoms with Gasteiger partial charge < -0.3 is 25.4 Å². The van der Waals surface area contributed by atoms with Gasteiger partial charge in [0.25, 0.3) is 5.91 Å². The number of aldehydes is 1. The molecular formula is C14H17NO7. The molecule has 0 aliphatic rings. The fourth-order valence-electron chi connectivity index (χ4n) is 1.54. The van der Waals surface area contributed by atoms with Gasteiger partial charge in [0.2, 0.25) is 0 Å². The number of benzene rings is 1. The smallest absolute Gasteiger partial charge is 0.326 e. The SMILES string of the molecule is O=C[C@H](OC(=O)CNC(=O)c1ccccc1)[C@H](O)[C@H](O)CO. The van der Waals surface area contributed by atoms with Crippen molar-refractivity contribution in [3.8, 4) is 0 Å². The van der Waals surface area contributed by atoms with Crippen molar-refractivity contribution in [2.75, 3.05) is 13.2 Å². The summed E-state index contributed by atoms with van der Waals surface area (Å²) in [7, 11) is 0. The van der Waals surface area contributed by atoms with Crippen molar-refractivity contribution in [2.24, 2.45) is 0 Å². The van der Waals surface area contributed by atoms with Gasteiger partial charge in [-0.05, 0) is 12.1 Å². The largest absolute Gasteiger partial charge is 0.450 e. The third kappa shape index (κ3) is 5.24. The Kier molecular flexibility index (Phi) is 7.17. The second-order valence-electron chi connectivity index (χ2n) is 4.38. The minimum absolute atomic E-state index is 0.125. The van der Waals surface area contributed by atoms with Crippen LogP contribution in [0.25, 0.3) is 0 Å². The molecule has 0 saturated heterocycles. The van der Waals surface area contributed by atoms with Crippen LogP contribution >= 0.6 is 0 Å². The number of nitrogens with one attached hydrogen (secondary N) is 1. The zero-order valence-corrected chi connectivity index (χ0v) is 11.6. The number of aliphatic hydroxyl groups excluding tert-OH is 3. The van der Waals surface area contributed by atoms with Gasteiger partial charge in [0.15, 0.2) is 12.4 Å². The van der Waals surface area contributed by atoms with Gasteiger partial charge in [-0.25, -0.2) is 0 Å². The summed E-state index contributed by atoms with van der Waals surface area (Å²) >= 11 is 0. The highest BCUT2D eigenvalue weighted by Crippen LogP contribution is 2.03. The van der Waals surface area contributed by atoms with Crippen molar-refractivity contribution < 1.29 is 34.4 Å². The van der Waals surface area contributed by atoms with Gasteiger partial charge in [-0.2, -0.15) is 0 Å². The van der Waals surface area contributed by atoms with Gasteiger partial charge in [0, 0.05) is 5.56 Å². The number of hydrogen-bond donors (Lipinski definition) is 4. The lowest BCUT2D eigenvalue weighted by atomic mass is 10.1. The lowest BCUT2D eigenvalue weighted by Crippen LogP contribution is -2.44. The van der Waals surface area contributed by atoms with E-state index in [1.165, 1.54) is 0 Å². The Morgan fingerprint density at radius 1 is 1.23 bits per heavy atom. The third-order valence-electron chi connectivity index (χ3n) is 2.75. The van der Waals surface area contributed by atoms with E-state index in [2.05, 4.69) is 10.1 Å². The Balaban J connectivity index is 2.48. The highest BCUT2D eigenvalue weighted by Gasteiger charge is 2.28. The molecule has 1 aromatic carbocycles. The van der Waals surface area contributed by atoms with Crippen LogP contribution in [0.2, 0.25) is 0 Å². The van der Waals surface area contributed by atoms with E-state index in [9.17, 15) is 24.6 Å². The topological polar surface area (TPSA) is 133 Å². The Labute approximate surface area is 126 Å². The molecule has 1 aromatic rings. The predicted octanol–water partition coefficient (Wildman–Crippen LogP) is -1.76. The van der Waals surface area contributed by atoms with E-state index in [1.54, 1.807) is 30.3 Å². The summed E-state index contributed by atoms with van der Waals surface area (Å²) in [5, 5.41) is 29.6. The molecule has 0 aromatic heterocycles. The lowest BCUT2D eigenvalue weighted by Gasteiger charge is -2.21. The number of esters is 1. The summed E-state index contributed by atoms with van der Waals surface area (Å²) in [5.74, 6) is -1.47. The van der Waals surface area contributed by atoms with Gasteiger partial charge in [-0.3, -0.25) is 14.4 Å². The standard InChI is InChI=1S/C14H17NO7/c16-7-10(18)13(20)11(8-17)22-12(19)6-15-14(21)9-4-2-1-3-5-9/h1-5,8,10-11,13,16,18,20H,6-7H2,(H,15,21)/t10-,11+,13-/m1/s1. The molecule has 8 nitrogen and oxygen atoms in total. The number of aliphatic hydroxyl groups is 3. The first-order valence-corrected chi connectivity index (χ1v) is 6.44. The van der Waals surface area contributed by atoms with Crippen molar-refractivity contribution in [3.05, 3.63) is 35.9 Å². The molecule has 0 radical (unpaired) electrons. The van der Waals surface area contributed by atoms with E-state index in [0.717, 1.165) is 0 Å². The van der Waals surface area contributed by atoms with E-state index in [-0.39, 0.29) is 6.29 Å². The van der Waals surface area contributed by atoms with Crippen molar-refractivity contribution >= 4 is 18.2 Å². The number of amides is 1. The molecule has 1 rings (SSSR count). The maximum Gasteiger partial charge on any atom is 0.326 e. The molecule has 4 N–H and O–H groups in total. The summed E-state index contributed by atoms with van der Waals surface area (Å²) in [6.45, 7) is -1.31. The molecule has 0 unspecified atom stereocenters. The Bertz CT molecular complexity index is 505. The molecule has 1 amide bonds. The molecule has 3 atom stereocenters. The van der Waals surface area contributed by atoms with E-state index >= 15 is 0 Å². The van der Waals surface area contributed by atoms with Crippen LogP contribution in [0.15, 0.2) is 30.3 Å². The van der Waals surface area contributed by atoms with Crippen LogP contribution in [-0.4, -0.2) is 64.9 Å². The summed E-state index contributed by atoms with van der Waals surface area (Å²) < 4.78 is 4.63. The molecule has 0 bridgehead atoms. The maximum atomic E-state index is 11.7. The summed E-state index contributed by atoms with van der Waals surface area (Å²) in [4.78, 5) is 33.9. The van der Waals surface area contributed by atoms with Crippen LogP contribution in [0.3, 0.4) is 0 Å². The average molecular weight is 311 g/mol. The zero-order chi connectivity index (χ0) is 16.5. The summed E-state index contributed by atoms with van der Waals surface area (Å²) in [5.41, 5.74) is 0.345. The summed E-state index contributed by atoms with van der Waals surface area (Å²) in [6.07, 6.45) is -4.89. The first-order chi connectivity index (χ1) is 10.5. The molecule has 0 fully saturated rings. The first-order valence-electron chi connectivity index (χ1n) is 6.44. The van der Waals surface area contributed by atoms with Gasteiger partial charge in [-0.1, -0.05) is 18.2 Å². The molecule has 0 aliphatic carbocycles. The Morgan fingerprint density at radius 3 is 2.41 bits per heavy atom. The van der Waals surface area contributed by atoms with Gasteiger partial charge >= 0.3 is 5.97 Å². The quantitative estimate of drug-likeness (QED) is 0.330. The van der Waals surface area contributed by atoms with Gasteiger partial charge in [0.1, 0.15) is 18.8 Å². The number of rotatable bonds is 8. The van der Waals surface area contributed by atoms with E-state index in [4.69, 9.17) is 5.11 Å². The fraction of sp³-hybridized carbons (Fsp3) is 0.357. The highest BCUT2D eigenvalue weighted by atomic mass is 16.6. The van der Waals surface area contributed by atoms with E-state index < -0.39 is 43.3 Å². The normalized spacial score (nSPS) is 14.5. The first kappa shape index (κ1) is 17.8. The van der Waals surface area contributed by atoms with Crippen molar-refractivity contribution in [2.45, 2.75) is 18.3 Å². The van der Waals surface area contributed by atoms with Crippen LogP contribution in [0.5, 0.6) is 0 Å². The second kappa shape index (κ2) is 8.88. The number of hydrogen-bond acceptors (Lipinski definition) is 7. The van der Waals surface area contributed by atoms with Gasteiger partial charge in [0.05, 0.1) is 6.61 Å². The number of carbonyl (C=O) groups is 3. The van der Waals surface area contributed by atoms with Crippen molar-refractivity contribution in [1.82, 2.24) is 5.32 Å². The third-order valence-corrected chi connectivity index (χ3v) is 2.75. The van der Waals surface area contributed by atoms with Crippen LogP contribution in [0.1, 0.15) is 10.4 Å². The molecule has 0 spiro atoms. The van der Waals surface area contributed by atoms with Crippen LogP contribution in [0, 0.1) is 0 Å². The molecule has 8 heteroatoms. The van der Waals surface area contributed by atoms with Crippen molar-refractivity contribution in [3.63, 3.8) is 0 Å². The van der Waals surface area contributed by atoms with E-state index in [1.807, 2.05) is 0 Å². The summed E-state index contributed by atoms with van der Waals surface area (Å²) in [6, 6.07) is 8.14. The molecule has 0 aliphatic heterocycles. The Morgan fingerprint density at radius 2 is 1.86 bits per heavy atom. The van der Waals surface area contributed by atoms with Crippen molar-refractivity contribution in [1.29, 1.82) is 0 Å². The zero-order valence-electron chi connectivity index (χ0n) is 11.6. The average Bonchev–Trinajstić information content (AvgIpc) is 2.56. The minimum atomic E-state index is -1.75. The monoisotopic (exact) mass is 311 g/mol. The van der Waals surface area contributed by atoms with Gasteiger partial charge in [-0.15, -0.1) is 0 Å². The van der Waals surface area contributed by atoms with Crippen LogP contribution in [0.4, 0.5) is 0 Å². The highest BCUT2D eigenvalue weighted by molar-refractivity contribution is 5.95. The molecule has 0 heterocycles. The predicted molar refractivity (Wildman–Crippen MR) is 73.8 cm³/mol. The second-order valence-corrected chi connectivity index (χ2v) is 4.38. The van der Waals surface area contributed by atoms with E-state index in [0.29, 0.717) is 5.56 Å². The minimum Gasteiger partial charge on any atom is -0.450 e. The molecule has 120 valence electrons. The maximum absolute atomic E-state index is 11.7. The van der Waals surface area contributed by atoms with Crippen LogP contribution in [-0.2, 0) is 14.3 Å².